The SMILES string of the molecule is CCCCCC(Cc1nccc2cc(OC)c(OC)cc12)SC1CC=C(C)C=C1c1ccc(OC)c(OCCn2ccnc2)c1. The molecule has 0 bridgehead atoms. The van der Waals surface area contributed by atoms with Gasteiger partial charge in [0.2, 0.25) is 0 Å². The second kappa shape index (κ2) is 15.9. The molecule has 0 N–H and O–H groups in total. The van der Waals surface area contributed by atoms with E-state index in [0.717, 1.165) is 65.3 Å². The lowest BCUT2D eigenvalue weighted by atomic mass is 9.93. The first kappa shape index (κ1) is 32.5. The summed E-state index contributed by atoms with van der Waals surface area (Å²) in [6.07, 6.45) is 18.8. The van der Waals surface area contributed by atoms with Crippen molar-refractivity contribution < 1.29 is 18.9 Å². The van der Waals surface area contributed by atoms with Crippen LogP contribution in [-0.4, -0.2) is 53.0 Å². The summed E-state index contributed by atoms with van der Waals surface area (Å²) in [5.41, 5.74) is 4.90. The maximum atomic E-state index is 6.25. The number of benzene rings is 2. The van der Waals surface area contributed by atoms with Crippen LogP contribution in [0.4, 0.5) is 0 Å². The smallest absolute Gasteiger partial charge is 0.161 e. The molecule has 0 saturated heterocycles. The van der Waals surface area contributed by atoms with Crippen molar-refractivity contribution in [3.8, 4) is 23.0 Å². The van der Waals surface area contributed by atoms with Gasteiger partial charge < -0.3 is 23.5 Å². The highest BCUT2D eigenvalue weighted by Crippen LogP contribution is 2.42. The predicted octanol–water partition coefficient (Wildman–Crippen LogP) is 8.56. The van der Waals surface area contributed by atoms with Crippen LogP contribution in [0.1, 0.15) is 57.2 Å². The Morgan fingerprint density at radius 3 is 2.53 bits per heavy atom. The van der Waals surface area contributed by atoms with Gasteiger partial charge >= 0.3 is 0 Å². The molecule has 4 aromatic rings. The van der Waals surface area contributed by atoms with E-state index in [1.54, 1.807) is 33.9 Å². The molecule has 1 aliphatic carbocycles. The van der Waals surface area contributed by atoms with Gasteiger partial charge in [-0.2, -0.15) is 0 Å². The molecule has 2 heterocycles. The van der Waals surface area contributed by atoms with Crippen LogP contribution >= 0.6 is 11.8 Å². The van der Waals surface area contributed by atoms with Crippen molar-refractivity contribution in [1.29, 1.82) is 0 Å². The molecule has 2 atom stereocenters. The molecule has 0 saturated carbocycles. The average molecular weight is 628 g/mol. The predicted molar refractivity (Wildman–Crippen MR) is 185 cm³/mol. The fourth-order valence-corrected chi connectivity index (χ4v) is 7.45. The first-order chi connectivity index (χ1) is 22.0. The van der Waals surface area contributed by atoms with Gasteiger partial charge in [-0.25, -0.2) is 4.98 Å². The third kappa shape index (κ3) is 8.23. The lowest BCUT2D eigenvalue weighted by molar-refractivity contribution is 0.279. The Labute approximate surface area is 271 Å². The van der Waals surface area contributed by atoms with Crippen LogP contribution in [0.15, 0.2) is 79.0 Å². The number of hydrogen-bond acceptors (Lipinski definition) is 7. The molecule has 45 heavy (non-hydrogen) atoms. The van der Waals surface area contributed by atoms with Crippen LogP contribution in [0.2, 0.25) is 0 Å². The number of thioether (sulfide) groups is 1. The number of unbranched alkanes of at least 4 members (excludes halogenated alkanes) is 2. The summed E-state index contributed by atoms with van der Waals surface area (Å²) in [6.45, 7) is 5.70. The van der Waals surface area contributed by atoms with Gasteiger partial charge in [-0.05, 0) is 66.6 Å². The van der Waals surface area contributed by atoms with Gasteiger partial charge in [0.15, 0.2) is 23.0 Å². The van der Waals surface area contributed by atoms with Crippen molar-refractivity contribution >= 4 is 28.1 Å². The number of fused-ring (bicyclic) bond motifs is 1. The zero-order valence-electron chi connectivity index (χ0n) is 27.1. The van der Waals surface area contributed by atoms with Crippen molar-refractivity contribution in [2.75, 3.05) is 27.9 Å². The fraction of sp³-hybridized carbons (Fsp3) is 0.405. The van der Waals surface area contributed by atoms with Crippen molar-refractivity contribution in [3.63, 3.8) is 0 Å². The molecular weight excluding hydrogens is 582 g/mol. The quantitative estimate of drug-likeness (QED) is 0.115. The van der Waals surface area contributed by atoms with Crippen molar-refractivity contribution in [2.45, 2.75) is 69.4 Å². The topological polar surface area (TPSA) is 67.6 Å². The van der Waals surface area contributed by atoms with E-state index in [4.69, 9.17) is 23.9 Å². The second-order valence-electron chi connectivity index (χ2n) is 11.4. The third-order valence-electron chi connectivity index (χ3n) is 8.31. The van der Waals surface area contributed by atoms with Gasteiger partial charge in [0.1, 0.15) is 6.61 Å². The van der Waals surface area contributed by atoms with Crippen LogP contribution in [0.5, 0.6) is 23.0 Å². The second-order valence-corrected chi connectivity index (χ2v) is 12.9. The van der Waals surface area contributed by atoms with Gasteiger partial charge in [-0.1, -0.05) is 50.0 Å². The number of aromatic nitrogens is 3. The van der Waals surface area contributed by atoms with Gasteiger partial charge in [-0.15, -0.1) is 11.8 Å². The zero-order chi connectivity index (χ0) is 31.6. The summed E-state index contributed by atoms with van der Waals surface area (Å²) in [5.74, 6) is 2.97. The fourth-order valence-electron chi connectivity index (χ4n) is 5.87. The number of imidazole rings is 1. The first-order valence-corrected chi connectivity index (χ1v) is 16.8. The zero-order valence-corrected chi connectivity index (χ0v) is 27.9. The number of rotatable bonds is 16. The Morgan fingerprint density at radius 2 is 1.78 bits per heavy atom. The lowest BCUT2D eigenvalue weighted by Gasteiger charge is -2.28. The van der Waals surface area contributed by atoms with E-state index in [0.29, 0.717) is 17.1 Å². The van der Waals surface area contributed by atoms with Crippen molar-refractivity contribution in [2.24, 2.45) is 0 Å². The lowest BCUT2D eigenvalue weighted by Crippen LogP contribution is -2.18. The Bertz CT molecular complexity index is 1620. The number of ether oxygens (including phenoxy) is 4. The summed E-state index contributed by atoms with van der Waals surface area (Å²) < 4.78 is 25.2. The molecule has 0 amide bonds. The molecule has 1 aliphatic rings. The maximum Gasteiger partial charge on any atom is 0.161 e. The Morgan fingerprint density at radius 1 is 0.956 bits per heavy atom. The third-order valence-corrected chi connectivity index (χ3v) is 9.87. The van der Waals surface area contributed by atoms with E-state index < -0.39 is 0 Å². The molecule has 2 aromatic carbocycles. The molecule has 8 heteroatoms. The largest absolute Gasteiger partial charge is 0.493 e. The molecule has 0 aliphatic heterocycles. The van der Waals surface area contributed by atoms with Crippen LogP contribution < -0.4 is 18.9 Å². The number of allylic oxidation sites excluding steroid dienone is 3. The minimum atomic E-state index is 0.317. The first-order valence-electron chi connectivity index (χ1n) is 15.8. The monoisotopic (exact) mass is 627 g/mol. The molecule has 5 rings (SSSR count). The average Bonchev–Trinajstić information content (AvgIpc) is 3.58. The van der Waals surface area contributed by atoms with Crippen LogP contribution in [-0.2, 0) is 13.0 Å². The maximum absolute atomic E-state index is 6.25. The number of pyridine rings is 1. The summed E-state index contributed by atoms with van der Waals surface area (Å²) in [6, 6.07) is 12.5. The normalized spacial score (nSPS) is 15.4. The summed E-state index contributed by atoms with van der Waals surface area (Å²) >= 11 is 2.08. The molecule has 0 radical (unpaired) electrons. The molecule has 7 nitrogen and oxygen atoms in total. The van der Waals surface area contributed by atoms with E-state index in [9.17, 15) is 0 Å². The van der Waals surface area contributed by atoms with E-state index in [1.807, 2.05) is 35.2 Å². The van der Waals surface area contributed by atoms with E-state index >= 15 is 0 Å². The minimum absolute atomic E-state index is 0.317. The molecular formula is C37H45N3O4S. The Balaban J connectivity index is 1.40. The number of hydrogen-bond donors (Lipinski definition) is 0. The standard InChI is InChI=1S/C37H45N3O4S/c1-6-7-8-9-29(23-32-30-24-35(43-5)34(42-4)21-28(30)14-15-39-32)45-37-13-10-26(2)20-31(37)27-11-12-33(41-3)36(22-27)44-19-18-40-17-16-38-25-40/h10-12,14-17,20-22,24-25,29,37H,6-9,13,18-19,23H2,1-5H3. The van der Waals surface area contributed by atoms with Crippen molar-refractivity contribution in [1.82, 2.24) is 14.5 Å². The Hall–Kier alpha value is -3.91. The van der Waals surface area contributed by atoms with Gasteiger partial charge in [0, 0.05) is 46.6 Å². The minimum Gasteiger partial charge on any atom is -0.493 e. The molecule has 2 unspecified atom stereocenters. The highest BCUT2D eigenvalue weighted by atomic mass is 32.2. The molecule has 0 fully saturated rings. The van der Waals surface area contributed by atoms with Crippen LogP contribution in [0.3, 0.4) is 0 Å². The van der Waals surface area contributed by atoms with Gasteiger partial charge in [0.05, 0.1) is 34.2 Å². The molecule has 0 spiro atoms. The summed E-state index contributed by atoms with van der Waals surface area (Å²) in [7, 11) is 5.05. The van der Waals surface area contributed by atoms with Crippen LogP contribution in [0.25, 0.3) is 16.3 Å². The van der Waals surface area contributed by atoms with E-state index in [1.165, 1.54) is 36.0 Å². The van der Waals surface area contributed by atoms with Gasteiger partial charge in [0.25, 0.3) is 0 Å². The summed E-state index contributed by atoms with van der Waals surface area (Å²) in [4.78, 5) is 9.02. The van der Waals surface area contributed by atoms with E-state index in [2.05, 4.69) is 60.9 Å². The number of methoxy groups -OCH3 is 3. The Kier molecular flexibility index (Phi) is 11.5. The number of nitrogens with zero attached hydrogens (tertiary/aromatic N) is 3. The molecule has 2 aromatic heterocycles. The van der Waals surface area contributed by atoms with Crippen LogP contribution in [0, 0.1) is 0 Å². The van der Waals surface area contributed by atoms with Gasteiger partial charge in [-0.3, -0.25) is 4.98 Å². The van der Waals surface area contributed by atoms with Crippen molar-refractivity contribution in [3.05, 3.63) is 90.3 Å². The highest BCUT2D eigenvalue weighted by molar-refractivity contribution is 8.01. The highest BCUT2D eigenvalue weighted by Gasteiger charge is 2.25. The molecule has 238 valence electrons. The van der Waals surface area contributed by atoms with E-state index in [-0.39, 0.29) is 0 Å². The summed E-state index contributed by atoms with van der Waals surface area (Å²) in [5, 5.41) is 2.97.